The van der Waals surface area contributed by atoms with Crippen molar-refractivity contribution < 1.29 is 33.2 Å². The monoisotopic (exact) mass is 298 g/mol. The zero-order valence-corrected chi connectivity index (χ0v) is 11.5. The Bertz CT molecular complexity index is 420. The molecule has 1 rings (SSSR count). The third-order valence-electron chi connectivity index (χ3n) is 1.56. The van der Waals surface area contributed by atoms with Crippen LogP contribution >= 0.6 is 15.4 Å². The highest BCUT2D eigenvalue weighted by atomic mass is 31.2. The minimum Gasteiger partial charge on any atom is -0.324 e. The maximum Gasteiger partial charge on any atom is 0.466 e. The van der Waals surface area contributed by atoms with E-state index < -0.39 is 15.4 Å². The van der Waals surface area contributed by atoms with E-state index in [4.69, 9.17) is 23.8 Å². The van der Waals surface area contributed by atoms with Gasteiger partial charge < -0.3 is 24.1 Å². The summed E-state index contributed by atoms with van der Waals surface area (Å²) in [5.74, 6) is 0. The van der Waals surface area contributed by atoms with E-state index in [-0.39, 0.29) is 12.8 Å². The predicted molar refractivity (Wildman–Crippen MR) is 65.9 cm³/mol. The molecular formula is C9H16O7P2. The second-order valence-corrected chi connectivity index (χ2v) is 6.09. The zero-order chi connectivity index (χ0) is 14.2. The highest BCUT2D eigenvalue weighted by Gasteiger charge is 2.18. The Hall–Kier alpha value is -0.520. The van der Waals surface area contributed by atoms with Gasteiger partial charge in [0.05, 0.1) is 12.8 Å². The van der Waals surface area contributed by atoms with E-state index in [2.05, 4.69) is 0 Å². The van der Waals surface area contributed by atoms with Crippen LogP contribution in [-0.2, 0) is 19.8 Å². The summed E-state index contributed by atoms with van der Waals surface area (Å²) in [5, 5.41) is 0. The fourth-order valence-corrected chi connectivity index (χ4v) is 2.23. The van der Waals surface area contributed by atoms with Crippen LogP contribution < -0.4 is 0 Å². The molecule has 0 bridgehead atoms. The molecule has 1 unspecified atom stereocenters. The molecule has 1 aromatic carbocycles. The third-order valence-corrected chi connectivity index (χ3v) is 2.98. The molecule has 104 valence electrons. The van der Waals surface area contributed by atoms with Crippen molar-refractivity contribution >= 4 is 15.4 Å². The Morgan fingerprint density at radius 3 is 1.89 bits per heavy atom. The van der Waals surface area contributed by atoms with Crippen molar-refractivity contribution in [3.05, 3.63) is 35.9 Å². The van der Waals surface area contributed by atoms with E-state index in [9.17, 15) is 9.46 Å². The lowest BCUT2D eigenvalue weighted by atomic mass is 10.2. The van der Waals surface area contributed by atoms with Gasteiger partial charge in [0.15, 0.2) is 0 Å². The molecule has 0 aliphatic heterocycles. The van der Waals surface area contributed by atoms with Gasteiger partial charge in [0.2, 0.25) is 0 Å². The predicted octanol–water partition coefficient (Wildman–Crippen LogP) is 1.48. The molecule has 0 saturated carbocycles. The van der Waals surface area contributed by atoms with Gasteiger partial charge >= 0.3 is 15.4 Å². The Morgan fingerprint density at radius 1 is 1.06 bits per heavy atom. The fourth-order valence-electron chi connectivity index (χ4n) is 1.06. The third kappa shape index (κ3) is 12.0. The van der Waals surface area contributed by atoms with Crippen LogP contribution in [0.1, 0.15) is 12.5 Å². The van der Waals surface area contributed by atoms with Crippen molar-refractivity contribution in [1.82, 2.24) is 0 Å². The van der Waals surface area contributed by atoms with Gasteiger partial charge in [-0.2, -0.15) is 0 Å². The van der Waals surface area contributed by atoms with Gasteiger partial charge in [-0.3, -0.25) is 4.57 Å². The Labute approximate surface area is 105 Å². The van der Waals surface area contributed by atoms with Gasteiger partial charge in [-0.05, 0) is 12.5 Å². The zero-order valence-electron chi connectivity index (χ0n) is 9.71. The molecular weight excluding hydrogens is 282 g/mol. The van der Waals surface area contributed by atoms with Crippen molar-refractivity contribution in [2.75, 3.05) is 6.61 Å². The first kappa shape index (κ1) is 17.5. The summed E-state index contributed by atoms with van der Waals surface area (Å²) < 4.78 is 24.9. The first-order chi connectivity index (χ1) is 8.14. The van der Waals surface area contributed by atoms with Crippen LogP contribution in [0.25, 0.3) is 0 Å². The standard InChI is InChI=1S/C9H13O3P.H3O4P/c1-2-12-13(10,11)8-9-6-4-3-5-7-9;1-5(2,3)4/h3-7H,2,8H2,1H3,(H,10,11);(H3,1,2,3,4). The number of hydrogen-bond acceptors (Lipinski definition) is 3. The normalized spacial score (nSPS) is 14.3. The lowest BCUT2D eigenvalue weighted by Gasteiger charge is -2.09. The largest absolute Gasteiger partial charge is 0.466 e. The van der Waals surface area contributed by atoms with Crippen LogP contribution in [-0.4, -0.2) is 26.2 Å². The summed E-state index contributed by atoms with van der Waals surface area (Å²) in [6, 6.07) is 9.15. The van der Waals surface area contributed by atoms with Gasteiger partial charge in [-0.25, -0.2) is 4.57 Å². The van der Waals surface area contributed by atoms with E-state index in [1.165, 1.54) is 0 Å². The maximum absolute atomic E-state index is 11.3. The van der Waals surface area contributed by atoms with E-state index in [0.717, 1.165) is 5.56 Å². The summed E-state index contributed by atoms with van der Waals surface area (Å²) in [6.07, 6.45) is 0.0850. The van der Waals surface area contributed by atoms with Crippen molar-refractivity contribution in [3.63, 3.8) is 0 Å². The van der Waals surface area contributed by atoms with E-state index in [0.29, 0.717) is 0 Å². The highest BCUT2D eigenvalue weighted by Crippen LogP contribution is 2.45. The molecule has 1 atom stereocenters. The second kappa shape index (κ2) is 7.81. The minimum atomic E-state index is -4.64. The molecule has 0 aliphatic carbocycles. The average Bonchev–Trinajstić information content (AvgIpc) is 2.15. The highest BCUT2D eigenvalue weighted by molar-refractivity contribution is 7.51. The molecule has 0 radical (unpaired) electrons. The molecule has 7 nitrogen and oxygen atoms in total. The second-order valence-electron chi connectivity index (χ2n) is 3.21. The van der Waals surface area contributed by atoms with Gasteiger partial charge in [0.1, 0.15) is 0 Å². The van der Waals surface area contributed by atoms with Crippen LogP contribution in [0.3, 0.4) is 0 Å². The molecule has 0 saturated heterocycles. The first-order valence-corrected chi connectivity index (χ1v) is 8.25. The van der Waals surface area contributed by atoms with Crippen molar-refractivity contribution in [2.24, 2.45) is 0 Å². The molecule has 1 aromatic rings. The van der Waals surface area contributed by atoms with Gasteiger partial charge in [0.25, 0.3) is 0 Å². The SMILES string of the molecule is CCOP(=O)(O)Cc1ccccc1.O=P(O)(O)O. The van der Waals surface area contributed by atoms with Crippen LogP contribution in [0.4, 0.5) is 0 Å². The topological polar surface area (TPSA) is 124 Å². The summed E-state index contributed by atoms with van der Waals surface area (Å²) in [4.78, 5) is 30.9. The van der Waals surface area contributed by atoms with E-state index in [1.54, 1.807) is 6.92 Å². The van der Waals surface area contributed by atoms with Crippen molar-refractivity contribution in [2.45, 2.75) is 13.1 Å². The van der Waals surface area contributed by atoms with Crippen molar-refractivity contribution in [3.8, 4) is 0 Å². The molecule has 0 amide bonds. The van der Waals surface area contributed by atoms with Gasteiger partial charge in [-0.15, -0.1) is 0 Å². The Kier molecular flexibility index (Phi) is 7.59. The molecule has 4 N–H and O–H groups in total. The summed E-state index contributed by atoms with van der Waals surface area (Å²) >= 11 is 0. The summed E-state index contributed by atoms with van der Waals surface area (Å²) in [5.41, 5.74) is 0.821. The molecule has 0 heterocycles. The van der Waals surface area contributed by atoms with Crippen molar-refractivity contribution in [1.29, 1.82) is 0 Å². The van der Waals surface area contributed by atoms with Crippen LogP contribution in [0.15, 0.2) is 30.3 Å². The molecule has 0 spiro atoms. The smallest absolute Gasteiger partial charge is 0.324 e. The molecule has 0 aromatic heterocycles. The first-order valence-electron chi connectivity index (χ1n) is 4.92. The fraction of sp³-hybridized carbons (Fsp3) is 0.333. The lowest BCUT2D eigenvalue weighted by molar-refractivity contribution is 0.271. The van der Waals surface area contributed by atoms with E-state index in [1.807, 2.05) is 30.3 Å². The van der Waals surface area contributed by atoms with Gasteiger partial charge in [-0.1, -0.05) is 30.3 Å². The van der Waals surface area contributed by atoms with Crippen LogP contribution in [0.2, 0.25) is 0 Å². The van der Waals surface area contributed by atoms with Crippen LogP contribution in [0, 0.1) is 0 Å². The maximum atomic E-state index is 11.3. The Morgan fingerprint density at radius 2 is 1.50 bits per heavy atom. The number of hydrogen-bond donors (Lipinski definition) is 4. The molecule has 0 fully saturated rings. The molecule has 18 heavy (non-hydrogen) atoms. The van der Waals surface area contributed by atoms with Gasteiger partial charge in [0, 0.05) is 0 Å². The molecule has 9 heteroatoms. The average molecular weight is 298 g/mol. The van der Waals surface area contributed by atoms with E-state index >= 15 is 0 Å². The quantitative estimate of drug-likeness (QED) is 0.620. The lowest BCUT2D eigenvalue weighted by Crippen LogP contribution is -1.92. The Balaban J connectivity index is 0.000000494. The number of benzene rings is 1. The summed E-state index contributed by atoms with van der Waals surface area (Å²) in [7, 11) is -8.05. The molecule has 0 aliphatic rings. The minimum absolute atomic E-state index is 0.0850. The number of rotatable bonds is 4. The van der Waals surface area contributed by atoms with Crippen LogP contribution in [0.5, 0.6) is 0 Å². The number of phosphoric acid groups is 1. The summed E-state index contributed by atoms with van der Waals surface area (Å²) in [6.45, 7) is 1.97.